The van der Waals surface area contributed by atoms with E-state index in [1.165, 1.54) is 19.3 Å². The fourth-order valence-corrected chi connectivity index (χ4v) is 5.09. The number of phenolic OH excluding ortho intramolecular Hbond substituents is 1. The van der Waals surface area contributed by atoms with Crippen molar-refractivity contribution in [1.82, 2.24) is 0 Å². The predicted octanol–water partition coefficient (Wildman–Crippen LogP) is 4.18. The highest BCUT2D eigenvalue weighted by molar-refractivity contribution is 9.12. The molecule has 3 rings (SSSR count). The minimum Gasteiger partial charge on any atom is -0.504 e. The van der Waals surface area contributed by atoms with Crippen LogP contribution in [0.1, 0.15) is 17.9 Å². The number of benzene rings is 1. The lowest BCUT2D eigenvalue weighted by molar-refractivity contribution is -0.127. The predicted molar refractivity (Wildman–Crippen MR) is 102 cm³/mol. The molecule has 0 fully saturated rings. The number of hydrogen-bond donors (Lipinski definition) is 1. The van der Waals surface area contributed by atoms with Gasteiger partial charge in [0.25, 0.3) is 0 Å². The van der Waals surface area contributed by atoms with E-state index in [-0.39, 0.29) is 17.3 Å². The zero-order chi connectivity index (χ0) is 18.4. The van der Waals surface area contributed by atoms with E-state index in [0.717, 1.165) is 11.1 Å². The molecule has 25 heavy (non-hydrogen) atoms. The van der Waals surface area contributed by atoms with E-state index in [0.29, 0.717) is 16.7 Å². The fourth-order valence-electron chi connectivity index (χ4n) is 3.57. The molecule has 0 spiro atoms. The number of alkyl halides is 1. The molecule has 3 atom stereocenters. The summed E-state index contributed by atoms with van der Waals surface area (Å²) in [5.74, 6) is -0.898. The molecule has 1 N–H and O–H groups in total. The van der Waals surface area contributed by atoms with Gasteiger partial charge in [-0.15, -0.1) is 0 Å². The first kappa shape index (κ1) is 18.1. The molecule has 0 saturated carbocycles. The Bertz CT molecular complexity index is 840. The van der Waals surface area contributed by atoms with Crippen molar-refractivity contribution in [3.05, 3.63) is 58.6 Å². The van der Waals surface area contributed by atoms with Gasteiger partial charge < -0.3 is 9.84 Å². The molecule has 2 aliphatic carbocycles. The van der Waals surface area contributed by atoms with Crippen LogP contribution in [0.15, 0.2) is 53.1 Å². The Labute approximate surface area is 162 Å². The molecule has 2 aliphatic rings. The number of ether oxygens (including phenoxy) is 1. The molecule has 0 saturated heterocycles. The summed E-state index contributed by atoms with van der Waals surface area (Å²) >= 11 is 6.82. The molecule has 130 valence electrons. The standard InChI is InChI=1S/C19H16Br2O4/c1-3-10-4-6-12-18(24)13(20)9-16(23)19(12,21)17(10)11-5-7-14(22)15(8-11)25-2/h3-5,7-9,12,17,22H,1,6H2,2H3/t12-,17+,19+/m0/s1. The van der Waals surface area contributed by atoms with Crippen LogP contribution in [0, 0.1) is 5.92 Å². The average molecular weight is 468 g/mol. The van der Waals surface area contributed by atoms with Crippen LogP contribution in [0.2, 0.25) is 0 Å². The van der Waals surface area contributed by atoms with Crippen molar-refractivity contribution in [3.63, 3.8) is 0 Å². The second-order valence-electron chi connectivity index (χ2n) is 6.05. The van der Waals surface area contributed by atoms with Crippen LogP contribution >= 0.6 is 31.9 Å². The Balaban J connectivity index is 2.22. The smallest absolute Gasteiger partial charge is 0.175 e. The van der Waals surface area contributed by atoms with Gasteiger partial charge in [-0.25, -0.2) is 0 Å². The zero-order valence-corrected chi connectivity index (χ0v) is 16.6. The van der Waals surface area contributed by atoms with Crippen LogP contribution in [0.4, 0.5) is 0 Å². The van der Waals surface area contributed by atoms with E-state index in [4.69, 9.17) is 4.74 Å². The van der Waals surface area contributed by atoms with Gasteiger partial charge in [0.1, 0.15) is 4.32 Å². The quantitative estimate of drug-likeness (QED) is 0.677. The van der Waals surface area contributed by atoms with Crippen molar-refractivity contribution in [1.29, 1.82) is 0 Å². The molecule has 0 unspecified atom stereocenters. The number of phenols is 1. The second-order valence-corrected chi connectivity index (χ2v) is 8.22. The summed E-state index contributed by atoms with van der Waals surface area (Å²) in [6.45, 7) is 3.86. The molecule has 1 aromatic carbocycles. The fraction of sp³-hybridized carbons (Fsp3) is 0.263. The maximum atomic E-state index is 12.9. The SMILES string of the molecule is C=CC1=CC[C@H]2C(=O)C(Br)=CC(=O)[C@@]2(Br)[C@H]1c1ccc(O)c(OC)c1. The normalized spacial score (nSPS) is 28.8. The molecular weight excluding hydrogens is 452 g/mol. The maximum absolute atomic E-state index is 12.9. The summed E-state index contributed by atoms with van der Waals surface area (Å²) in [6.07, 6.45) is 5.43. The third-order valence-electron chi connectivity index (χ3n) is 4.81. The number of hydrogen-bond acceptors (Lipinski definition) is 4. The minimum atomic E-state index is -1.10. The lowest BCUT2D eigenvalue weighted by Crippen LogP contribution is -2.52. The summed E-state index contributed by atoms with van der Waals surface area (Å²) in [5.41, 5.74) is 1.61. The van der Waals surface area contributed by atoms with Crippen LogP contribution in [0.25, 0.3) is 0 Å². The van der Waals surface area contributed by atoms with E-state index in [1.807, 2.05) is 6.08 Å². The van der Waals surface area contributed by atoms with Crippen molar-refractivity contribution < 1.29 is 19.4 Å². The molecule has 4 nitrogen and oxygen atoms in total. The Morgan fingerprint density at radius 2 is 2.12 bits per heavy atom. The van der Waals surface area contributed by atoms with E-state index >= 15 is 0 Å². The summed E-state index contributed by atoms with van der Waals surface area (Å²) in [4.78, 5) is 25.6. The third-order valence-corrected chi connectivity index (χ3v) is 6.83. The van der Waals surface area contributed by atoms with Gasteiger partial charge in [-0.2, -0.15) is 0 Å². The number of allylic oxidation sites excluding steroid dienone is 5. The highest BCUT2D eigenvalue weighted by atomic mass is 79.9. The number of methoxy groups -OCH3 is 1. The van der Waals surface area contributed by atoms with Crippen molar-refractivity contribution >= 4 is 43.4 Å². The molecule has 0 heterocycles. The highest BCUT2D eigenvalue weighted by Crippen LogP contribution is 2.54. The van der Waals surface area contributed by atoms with Crippen LogP contribution in [0.5, 0.6) is 11.5 Å². The van der Waals surface area contributed by atoms with E-state index in [1.54, 1.807) is 18.2 Å². The molecular formula is C19H16Br2O4. The van der Waals surface area contributed by atoms with Crippen LogP contribution in [0.3, 0.4) is 0 Å². The monoisotopic (exact) mass is 466 g/mol. The zero-order valence-electron chi connectivity index (χ0n) is 13.5. The summed E-state index contributed by atoms with van der Waals surface area (Å²) < 4.78 is 4.40. The van der Waals surface area contributed by atoms with Gasteiger partial charge in [-0.1, -0.05) is 40.7 Å². The van der Waals surface area contributed by atoms with Crippen molar-refractivity contribution in [2.45, 2.75) is 16.7 Å². The maximum Gasteiger partial charge on any atom is 0.175 e. The summed E-state index contributed by atoms with van der Waals surface area (Å²) in [5, 5.41) is 9.87. The molecule has 0 aliphatic heterocycles. The van der Waals surface area contributed by atoms with Gasteiger partial charge >= 0.3 is 0 Å². The first-order valence-corrected chi connectivity index (χ1v) is 9.27. The van der Waals surface area contributed by atoms with Gasteiger partial charge in [0.15, 0.2) is 23.1 Å². The molecule has 0 bridgehead atoms. The molecule has 0 aromatic heterocycles. The molecule has 1 aromatic rings. The first-order chi connectivity index (χ1) is 11.8. The van der Waals surface area contributed by atoms with Gasteiger partial charge in [-0.05, 0) is 45.6 Å². The number of halogens is 2. The number of aromatic hydroxyl groups is 1. The van der Waals surface area contributed by atoms with Crippen LogP contribution in [-0.2, 0) is 9.59 Å². The number of ketones is 2. The van der Waals surface area contributed by atoms with Crippen molar-refractivity contribution in [2.24, 2.45) is 5.92 Å². The van der Waals surface area contributed by atoms with Crippen molar-refractivity contribution in [2.75, 3.05) is 7.11 Å². The summed E-state index contributed by atoms with van der Waals surface area (Å²) in [7, 11) is 1.46. The number of rotatable bonds is 3. The number of Topliss-reactive ketones (excluding diaryl/α,β-unsaturated/α-hetero) is 1. The average Bonchev–Trinajstić information content (AvgIpc) is 2.60. The lowest BCUT2D eigenvalue weighted by Gasteiger charge is -2.45. The first-order valence-electron chi connectivity index (χ1n) is 7.68. The number of carbonyl (C=O) groups is 2. The topological polar surface area (TPSA) is 63.6 Å². The largest absolute Gasteiger partial charge is 0.504 e. The van der Waals surface area contributed by atoms with Gasteiger partial charge in [0.2, 0.25) is 0 Å². The van der Waals surface area contributed by atoms with Crippen LogP contribution in [-0.4, -0.2) is 28.1 Å². The Kier molecular flexibility index (Phi) is 4.77. The molecule has 0 amide bonds. The molecule has 0 radical (unpaired) electrons. The van der Waals surface area contributed by atoms with E-state index in [9.17, 15) is 14.7 Å². The Morgan fingerprint density at radius 1 is 1.40 bits per heavy atom. The Hall–Kier alpha value is -1.66. The van der Waals surface area contributed by atoms with Crippen LogP contribution < -0.4 is 4.74 Å². The minimum absolute atomic E-state index is 0.0139. The third kappa shape index (κ3) is 2.72. The van der Waals surface area contributed by atoms with Gasteiger partial charge in [0, 0.05) is 12.0 Å². The van der Waals surface area contributed by atoms with Crippen molar-refractivity contribution in [3.8, 4) is 11.5 Å². The number of carbonyl (C=O) groups excluding carboxylic acids is 2. The summed E-state index contributed by atoms with van der Waals surface area (Å²) in [6, 6.07) is 4.94. The lowest BCUT2D eigenvalue weighted by atomic mass is 9.64. The van der Waals surface area contributed by atoms with E-state index in [2.05, 4.69) is 38.4 Å². The van der Waals surface area contributed by atoms with Gasteiger partial charge in [-0.3, -0.25) is 9.59 Å². The van der Waals surface area contributed by atoms with Gasteiger partial charge in [0.05, 0.1) is 17.5 Å². The molecule has 6 heteroatoms. The second kappa shape index (κ2) is 6.57. The van der Waals surface area contributed by atoms with E-state index < -0.39 is 16.2 Å². The Morgan fingerprint density at radius 3 is 2.76 bits per heavy atom. The highest BCUT2D eigenvalue weighted by Gasteiger charge is 2.56. The number of fused-ring (bicyclic) bond motifs is 1.